The lowest BCUT2D eigenvalue weighted by atomic mass is 10.2. The van der Waals surface area contributed by atoms with Crippen LogP contribution in [0.25, 0.3) is 0 Å². The first-order valence-corrected chi connectivity index (χ1v) is 4.60. The van der Waals surface area contributed by atoms with E-state index in [2.05, 4.69) is 10.5 Å². The number of amides is 1. The topological polar surface area (TPSA) is 78.8 Å². The molecule has 1 amide bonds. The summed E-state index contributed by atoms with van der Waals surface area (Å²) in [5, 5.41) is 14.3. The van der Waals surface area contributed by atoms with Crippen LogP contribution in [0, 0.1) is 4.91 Å². The number of benzene rings is 1. The highest BCUT2D eigenvalue weighted by Crippen LogP contribution is 2.09. The number of nitrogens with one attached hydrogen (secondary N) is 1. The molecule has 0 bridgehead atoms. The molecule has 0 spiro atoms. The Morgan fingerprint density at radius 3 is 2.60 bits per heavy atom. The molecule has 0 aliphatic heterocycles. The molecule has 0 unspecified atom stereocenters. The van der Waals surface area contributed by atoms with Crippen molar-refractivity contribution in [3.63, 3.8) is 0 Å². The Hall–Kier alpha value is -1.91. The van der Waals surface area contributed by atoms with Gasteiger partial charge in [-0.25, -0.2) is 0 Å². The van der Waals surface area contributed by atoms with Gasteiger partial charge in [-0.05, 0) is 30.7 Å². The van der Waals surface area contributed by atoms with E-state index in [1.807, 2.05) is 0 Å². The van der Waals surface area contributed by atoms with Crippen LogP contribution in [0.5, 0.6) is 5.75 Å². The smallest absolute Gasteiger partial charge is 0.251 e. The molecule has 0 aliphatic carbocycles. The highest BCUT2D eigenvalue weighted by atomic mass is 16.3. The molecule has 0 saturated heterocycles. The van der Waals surface area contributed by atoms with Gasteiger partial charge in [-0.3, -0.25) is 4.79 Å². The molecular weight excluding hydrogens is 196 g/mol. The zero-order valence-corrected chi connectivity index (χ0v) is 8.14. The number of aromatic hydroxyl groups is 1. The third-order valence-electron chi connectivity index (χ3n) is 1.84. The van der Waals surface area contributed by atoms with Gasteiger partial charge in [-0.15, -0.1) is 0 Å². The van der Waals surface area contributed by atoms with Gasteiger partial charge in [0.2, 0.25) is 0 Å². The van der Waals surface area contributed by atoms with Gasteiger partial charge in [0.05, 0.1) is 6.54 Å². The number of hydrogen-bond acceptors (Lipinski definition) is 4. The van der Waals surface area contributed by atoms with Crippen molar-refractivity contribution >= 4 is 5.91 Å². The summed E-state index contributed by atoms with van der Waals surface area (Å²) in [6.07, 6.45) is 0.535. The maximum atomic E-state index is 11.4. The fourth-order valence-electron chi connectivity index (χ4n) is 1.06. The quantitative estimate of drug-likeness (QED) is 0.565. The van der Waals surface area contributed by atoms with Gasteiger partial charge in [0.1, 0.15) is 5.75 Å². The summed E-state index contributed by atoms with van der Waals surface area (Å²) in [7, 11) is 0. The van der Waals surface area contributed by atoms with E-state index in [0.29, 0.717) is 18.5 Å². The Balaban J connectivity index is 2.40. The van der Waals surface area contributed by atoms with E-state index in [1.54, 1.807) is 0 Å². The Morgan fingerprint density at radius 2 is 2.00 bits per heavy atom. The van der Waals surface area contributed by atoms with Gasteiger partial charge in [0.25, 0.3) is 5.91 Å². The summed E-state index contributed by atoms with van der Waals surface area (Å²) < 4.78 is 0. The molecule has 1 rings (SSSR count). The normalized spacial score (nSPS) is 9.60. The first-order valence-electron chi connectivity index (χ1n) is 4.60. The lowest BCUT2D eigenvalue weighted by Crippen LogP contribution is -2.24. The molecule has 0 fully saturated rings. The largest absolute Gasteiger partial charge is 0.508 e. The number of carbonyl (C=O) groups is 1. The van der Waals surface area contributed by atoms with Crippen molar-refractivity contribution in [3.05, 3.63) is 34.7 Å². The summed E-state index contributed by atoms with van der Waals surface area (Å²) in [4.78, 5) is 21.2. The summed E-state index contributed by atoms with van der Waals surface area (Å²) in [5.74, 6) is -0.0994. The van der Waals surface area contributed by atoms with Crippen LogP contribution in [0.3, 0.4) is 0 Å². The van der Waals surface area contributed by atoms with Gasteiger partial charge in [-0.2, -0.15) is 4.91 Å². The lowest BCUT2D eigenvalue weighted by molar-refractivity contribution is 0.0953. The molecule has 0 aromatic heterocycles. The van der Waals surface area contributed by atoms with Gasteiger partial charge < -0.3 is 10.4 Å². The zero-order chi connectivity index (χ0) is 11.1. The van der Waals surface area contributed by atoms with Crippen molar-refractivity contribution in [1.82, 2.24) is 5.32 Å². The minimum atomic E-state index is -0.221. The highest BCUT2D eigenvalue weighted by Gasteiger charge is 2.03. The second kappa shape index (κ2) is 5.74. The third kappa shape index (κ3) is 3.76. The Bertz CT molecular complexity index is 335. The molecule has 5 nitrogen and oxygen atoms in total. The van der Waals surface area contributed by atoms with Crippen LogP contribution in [0.2, 0.25) is 0 Å². The number of nitrogens with zero attached hydrogens (tertiary/aromatic N) is 1. The maximum absolute atomic E-state index is 11.4. The van der Waals surface area contributed by atoms with E-state index in [9.17, 15) is 9.70 Å². The van der Waals surface area contributed by atoms with Crippen molar-refractivity contribution < 1.29 is 9.90 Å². The predicted molar refractivity (Wildman–Crippen MR) is 55.7 cm³/mol. The number of nitroso groups, excluding NO2 is 1. The van der Waals surface area contributed by atoms with Crippen LogP contribution >= 0.6 is 0 Å². The van der Waals surface area contributed by atoms with Gasteiger partial charge in [0, 0.05) is 12.1 Å². The first-order chi connectivity index (χ1) is 7.24. The zero-order valence-electron chi connectivity index (χ0n) is 8.14. The Labute approximate surface area is 87.1 Å². The van der Waals surface area contributed by atoms with E-state index < -0.39 is 0 Å². The van der Waals surface area contributed by atoms with Crippen molar-refractivity contribution in [3.8, 4) is 5.75 Å². The molecular formula is C10H12N2O3. The Kier molecular flexibility index (Phi) is 4.28. The second-order valence-electron chi connectivity index (χ2n) is 3.01. The average molecular weight is 208 g/mol. The molecule has 0 radical (unpaired) electrons. The maximum Gasteiger partial charge on any atom is 0.251 e. The van der Waals surface area contributed by atoms with Crippen molar-refractivity contribution in [2.45, 2.75) is 6.42 Å². The number of phenols is 1. The summed E-state index contributed by atoms with van der Waals surface area (Å²) >= 11 is 0. The Morgan fingerprint density at radius 1 is 1.33 bits per heavy atom. The lowest BCUT2D eigenvalue weighted by Gasteiger charge is -2.03. The SMILES string of the molecule is O=NCCCNC(=O)c1ccc(O)cc1. The van der Waals surface area contributed by atoms with E-state index in [-0.39, 0.29) is 18.2 Å². The third-order valence-corrected chi connectivity index (χ3v) is 1.84. The van der Waals surface area contributed by atoms with E-state index in [4.69, 9.17) is 5.11 Å². The minimum absolute atomic E-state index is 0.122. The minimum Gasteiger partial charge on any atom is -0.508 e. The van der Waals surface area contributed by atoms with Gasteiger partial charge >= 0.3 is 0 Å². The number of hydrogen-bond donors (Lipinski definition) is 2. The number of phenolic OH excluding ortho intramolecular Hbond substituents is 1. The monoisotopic (exact) mass is 208 g/mol. The molecule has 1 aromatic carbocycles. The second-order valence-corrected chi connectivity index (χ2v) is 3.01. The van der Waals surface area contributed by atoms with Crippen LogP contribution in [-0.2, 0) is 0 Å². The standard InChI is InChI=1S/C10H12N2O3/c13-9-4-2-8(3-5-9)10(14)11-6-1-7-12-15/h2-5,13H,1,6-7H2,(H,11,14). The number of carbonyl (C=O) groups excluding carboxylic acids is 1. The van der Waals surface area contributed by atoms with Crippen LogP contribution in [-0.4, -0.2) is 24.1 Å². The van der Waals surface area contributed by atoms with Crippen molar-refractivity contribution in [2.75, 3.05) is 13.1 Å². The van der Waals surface area contributed by atoms with Crippen LogP contribution < -0.4 is 5.32 Å². The summed E-state index contributed by atoms with van der Waals surface area (Å²) in [5.41, 5.74) is 0.479. The summed E-state index contributed by atoms with van der Waals surface area (Å²) in [6.45, 7) is 0.626. The van der Waals surface area contributed by atoms with E-state index in [0.717, 1.165) is 0 Å². The molecule has 0 atom stereocenters. The molecule has 0 aliphatic rings. The fourth-order valence-corrected chi connectivity index (χ4v) is 1.06. The van der Waals surface area contributed by atoms with E-state index in [1.165, 1.54) is 24.3 Å². The van der Waals surface area contributed by atoms with Gasteiger partial charge in [-0.1, -0.05) is 5.18 Å². The van der Waals surface area contributed by atoms with Crippen molar-refractivity contribution in [1.29, 1.82) is 0 Å². The summed E-state index contributed by atoms with van der Waals surface area (Å²) in [6, 6.07) is 5.95. The molecule has 5 heteroatoms. The molecule has 0 saturated carbocycles. The average Bonchev–Trinajstić information content (AvgIpc) is 2.25. The van der Waals surface area contributed by atoms with E-state index >= 15 is 0 Å². The molecule has 0 heterocycles. The van der Waals surface area contributed by atoms with Crippen LogP contribution in [0.15, 0.2) is 29.4 Å². The fraction of sp³-hybridized carbons (Fsp3) is 0.300. The number of rotatable bonds is 5. The highest BCUT2D eigenvalue weighted by molar-refractivity contribution is 5.94. The van der Waals surface area contributed by atoms with Crippen molar-refractivity contribution in [2.24, 2.45) is 5.18 Å². The molecule has 2 N–H and O–H groups in total. The molecule has 80 valence electrons. The van der Waals surface area contributed by atoms with Crippen LogP contribution in [0.1, 0.15) is 16.8 Å². The first kappa shape index (κ1) is 11.2. The van der Waals surface area contributed by atoms with Gasteiger partial charge in [0.15, 0.2) is 0 Å². The molecule has 15 heavy (non-hydrogen) atoms. The molecule has 1 aromatic rings. The van der Waals surface area contributed by atoms with Crippen LogP contribution in [0.4, 0.5) is 0 Å². The predicted octanol–water partition coefficient (Wildman–Crippen LogP) is 1.28.